The topological polar surface area (TPSA) is 19.4 Å². The summed E-state index contributed by atoms with van der Waals surface area (Å²) in [6.07, 6.45) is 0. The highest BCUT2D eigenvalue weighted by atomic mass is 35.5. The second kappa shape index (κ2) is 5.69. The fourth-order valence-corrected chi connectivity index (χ4v) is 2.41. The van der Waals surface area contributed by atoms with E-state index < -0.39 is 0 Å². The van der Waals surface area contributed by atoms with Gasteiger partial charge >= 0.3 is 0 Å². The van der Waals surface area contributed by atoms with Crippen LogP contribution in [0.5, 0.6) is 0 Å². The van der Waals surface area contributed by atoms with Crippen molar-refractivity contribution in [1.82, 2.24) is 9.88 Å². The fourth-order valence-electron chi connectivity index (χ4n) is 2.25. The summed E-state index contributed by atoms with van der Waals surface area (Å²) in [6, 6.07) is 5.81. The molecule has 0 N–H and O–H groups in total. The molecule has 0 bridgehead atoms. The Morgan fingerprint density at radius 1 is 1.24 bits per heavy atom. The van der Waals surface area contributed by atoms with Crippen LogP contribution < -0.4 is 4.90 Å². The summed E-state index contributed by atoms with van der Waals surface area (Å²) in [7, 11) is 0. The third-order valence-corrected chi connectivity index (χ3v) is 3.23. The Labute approximate surface area is 108 Å². The van der Waals surface area contributed by atoms with E-state index in [1.165, 1.54) is 6.54 Å². The monoisotopic (exact) mass is 253 g/mol. The normalized spacial score (nSPS) is 17.8. The predicted octanol–water partition coefficient (Wildman–Crippen LogP) is 2.51. The molecule has 0 aliphatic carbocycles. The van der Waals surface area contributed by atoms with Gasteiger partial charge in [0.15, 0.2) is 0 Å². The highest BCUT2D eigenvalue weighted by Gasteiger charge is 2.18. The molecule has 1 fully saturated rings. The maximum absolute atomic E-state index is 5.91. The zero-order valence-electron chi connectivity index (χ0n) is 10.6. The molecule has 1 aromatic heterocycles. The first kappa shape index (κ1) is 12.7. The summed E-state index contributed by atoms with van der Waals surface area (Å²) < 4.78 is 0. The van der Waals surface area contributed by atoms with Crippen LogP contribution in [0.25, 0.3) is 0 Å². The molecule has 1 saturated heterocycles. The van der Waals surface area contributed by atoms with Crippen molar-refractivity contribution in [2.24, 2.45) is 5.92 Å². The molecule has 17 heavy (non-hydrogen) atoms. The van der Waals surface area contributed by atoms with E-state index in [0.29, 0.717) is 5.15 Å². The van der Waals surface area contributed by atoms with Crippen LogP contribution >= 0.6 is 11.6 Å². The lowest BCUT2D eigenvalue weighted by atomic mass is 10.2. The summed E-state index contributed by atoms with van der Waals surface area (Å²) >= 11 is 5.91. The van der Waals surface area contributed by atoms with Crippen LogP contribution in [0.4, 0.5) is 5.82 Å². The molecular formula is C13H20ClN3. The molecule has 2 rings (SSSR count). The second-order valence-electron chi connectivity index (χ2n) is 5.00. The van der Waals surface area contributed by atoms with Gasteiger partial charge < -0.3 is 4.90 Å². The number of hydrogen-bond acceptors (Lipinski definition) is 3. The maximum Gasteiger partial charge on any atom is 0.131 e. The van der Waals surface area contributed by atoms with Crippen molar-refractivity contribution < 1.29 is 0 Å². The largest absolute Gasteiger partial charge is 0.354 e. The molecule has 2 heterocycles. The van der Waals surface area contributed by atoms with Gasteiger partial charge in [-0.15, -0.1) is 0 Å². The average Bonchev–Trinajstić information content (AvgIpc) is 2.29. The summed E-state index contributed by atoms with van der Waals surface area (Å²) in [5, 5.41) is 0.576. The Bertz CT molecular complexity index is 359. The van der Waals surface area contributed by atoms with Crippen LogP contribution in [0, 0.1) is 5.92 Å². The first-order valence-electron chi connectivity index (χ1n) is 6.25. The van der Waals surface area contributed by atoms with Gasteiger partial charge in [-0.25, -0.2) is 4.98 Å². The molecule has 3 nitrogen and oxygen atoms in total. The molecule has 0 spiro atoms. The average molecular weight is 254 g/mol. The van der Waals surface area contributed by atoms with E-state index in [0.717, 1.165) is 37.9 Å². The Kier molecular flexibility index (Phi) is 4.24. The zero-order valence-corrected chi connectivity index (χ0v) is 11.3. The number of halogens is 1. The molecule has 1 aromatic rings. The molecule has 0 unspecified atom stereocenters. The minimum absolute atomic E-state index is 0.576. The Hall–Kier alpha value is -0.800. The number of piperazine rings is 1. The van der Waals surface area contributed by atoms with E-state index in [-0.39, 0.29) is 0 Å². The van der Waals surface area contributed by atoms with Crippen molar-refractivity contribution in [3.05, 3.63) is 23.4 Å². The van der Waals surface area contributed by atoms with E-state index in [1.807, 2.05) is 18.2 Å². The smallest absolute Gasteiger partial charge is 0.131 e. The third-order valence-electron chi connectivity index (χ3n) is 3.02. The van der Waals surface area contributed by atoms with Crippen molar-refractivity contribution in [3.63, 3.8) is 0 Å². The molecule has 0 aromatic carbocycles. The van der Waals surface area contributed by atoms with Gasteiger partial charge in [-0.3, -0.25) is 4.90 Å². The first-order valence-corrected chi connectivity index (χ1v) is 6.63. The SMILES string of the molecule is CC(C)CN1CCN(c2cccc(Cl)n2)CC1. The van der Waals surface area contributed by atoms with Gasteiger partial charge in [-0.2, -0.15) is 0 Å². The lowest BCUT2D eigenvalue weighted by Crippen LogP contribution is -2.47. The summed E-state index contributed by atoms with van der Waals surface area (Å²) in [5.41, 5.74) is 0. The van der Waals surface area contributed by atoms with Crippen molar-refractivity contribution in [1.29, 1.82) is 0 Å². The number of anilines is 1. The minimum Gasteiger partial charge on any atom is -0.354 e. The third kappa shape index (κ3) is 3.58. The first-order chi connectivity index (χ1) is 8.15. The predicted molar refractivity (Wildman–Crippen MR) is 72.7 cm³/mol. The number of nitrogens with zero attached hydrogens (tertiary/aromatic N) is 3. The van der Waals surface area contributed by atoms with Crippen molar-refractivity contribution >= 4 is 17.4 Å². The van der Waals surface area contributed by atoms with E-state index >= 15 is 0 Å². The van der Waals surface area contributed by atoms with Gasteiger partial charge in [0.2, 0.25) is 0 Å². The maximum atomic E-state index is 5.91. The van der Waals surface area contributed by atoms with Crippen molar-refractivity contribution in [2.45, 2.75) is 13.8 Å². The van der Waals surface area contributed by atoms with E-state index in [9.17, 15) is 0 Å². The van der Waals surface area contributed by atoms with E-state index in [4.69, 9.17) is 11.6 Å². The molecule has 1 aliphatic heterocycles. The van der Waals surface area contributed by atoms with Crippen LogP contribution in [-0.2, 0) is 0 Å². The lowest BCUT2D eigenvalue weighted by molar-refractivity contribution is 0.231. The van der Waals surface area contributed by atoms with Gasteiger partial charge in [0, 0.05) is 32.7 Å². The molecular weight excluding hydrogens is 234 g/mol. The second-order valence-corrected chi connectivity index (χ2v) is 5.39. The lowest BCUT2D eigenvalue weighted by Gasteiger charge is -2.36. The van der Waals surface area contributed by atoms with E-state index in [1.54, 1.807) is 0 Å². The Balaban J connectivity index is 1.91. The van der Waals surface area contributed by atoms with Crippen LogP contribution in [0.3, 0.4) is 0 Å². The highest BCUT2D eigenvalue weighted by Crippen LogP contribution is 2.16. The van der Waals surface area contributed by atoms with Gasteiger partial charge in [0.05, 0.1) is 0 Å². The number of pyridine rings is 1. The van der Waals surface area contributed by atoms with Gasteiger partial charge in [0.25, 0.3) is 0 Å². The molecule has 0 amide bonds. The van der Waals surface area contributed by atoms with E-state index in [2.05, 4.69) is 28.6 Å². The van der Waals surface area contributed by atoms with Crippen LogP contribution in [-0.4, -0.2) is 42.6 Å². The fraction of sp³-hybridized carbons (Fsp3) is 0.615. The van der Waals surface area contributed by atoms with Crippen LogP contribution in [0.1, 0.15) is 13.8 Å². The van der Waals surface area contributed by atoms with Gasteiger partial charge in [0.1, 0.15) is 11.0 Å². The molecule has 94 valence electrons. The molecule has 0 saturated carbocycles. The van der Waals surface area contributed by atoms with Crippen molar-refractivity contribution in [2.75, 3.05) is 37.6 Å². The Morgan fingerprint density at radius 3 is 2.53 bits per heavy atom. The highest BCUT2D eigenvalue weighted by molar-refractivity contribution is 6.29. The quantitative estimate of drug-likeness (QED) is 0.772. The van der Waals surface area contributed by atoms with Gasteiger partial charge in [-0.05, 0) is 18.1 Å². The van der Waals surface area contributed by atoms with Crippen molar-refractivity contribution in [3.8, 4) is 0 Å². The number of aromatic nitrogens is 1. The number of rotatable bonds is 3. The minimum atomic E-state index is 0.576. The summed E-state index contributed by atoms with van der Waals surface area (Å²) in [5.74, 6) is 1.74. The number of hydrogen-bond donors (Lipinski definition) is 0. The zero-order chi connectivity index (χ0) is 12.3. The molecule has 0 atom stereocenters. The molecule has 1 aliphatic rings. The molecule has 4 heteroatoms. The summed E-state index contributed by atoms with van der Waals surface area (Å²) in [4.78, 5) is 9.18. The molecule has 0 radical (unpaired) electrons. The van der Waals surface area contributed by atoms with Crippen LogP contribution in [0.15, 0.2) is 18.2 Å². The Morgan fingerprint density at radius 2 is 1.94 bits per heavy atom. The van der Waals surface area contributed by atoms with Crippen LogP contribution in [0.2, 0.25) is 5.15 Å². The summed E-state index contributed by atoms with van der Waals surface area (Å²) in [6.45, 7) is 10.0. The van der Waals surface area contributed by atoms with Gasteiger partial charge in [-0.1, -0.05) is 31.5 Å². The standard InChI is InChI=1S/C13H20ClN3/c1-11(2)10-16-6-8-17(9-7-16)13-5-3-4-12(14)15-13/h3-5,11H,6-10H2,1-2H3.